The second kappa shape index (κ2) is 3.79. The van der Waals surface area contributed by atoms with Gasteiger partial charge in [0, 0.05) is 24.2 Å². The molecule has 2 heterocycles. The monoisotopic (exact) mass is 248 g/mol. The van der Waals surface area contributed by atoms with Crippen LogP contribution in [0.15, 0.2) is 53.5 Å². The molecule has 3 nitrogen and oxygen atoms in total. The second-order valence-electron chi connectivity index (χ2n) is 4.91. The van der Waals surface area contributed by atoms with Crippen LogP contribution in [0.1, 0.15) is 27.0 Å². The zero-order valence-corrected chi connectivity index (χ0v) is 10.3. The minimum Gasteiger partial charge on any atom is -0.347 e. The van der Waals surface area contributed by atoms with Crippen molar-refractivity contribution in [3.8, 4) is 0 Å². The Labute approximate surface area is 111 Å². The van der Waals surface area contributed by atoms with Gasteiger partial charge >= 0.3 is 0 Å². The summed E-state index contributed by atoms with van der Waals surface area (Å²) in [6, 6.07) is 15.9. The maximum absolute atomic E-state index is 12.2. The first-order valence-corrected chi connectivity index (χ1v) is 6.37. The van der Waals surface area contributed by atoms with Gasteiger partial charge in [-0.15, -0.1) is 0 Å². The topological polar surface area (TPSA) is 32.7 Å². The number of amides is 1. The van der Waals surface area contributed by atoms with Crippen molar-refractivity contribution in [3.63, 3.8) is 0 Å². The molecule has 0 radical (unpaired) electrons. The number of fused-ring (bicyclic) bond motifs is 4. The van der Waals surface area contributed by atoms with Crippen molar-refractivity contribution in [2.24, 2.45) is 4.99 Å². The maximum atomic E-state index is 12.2. The zero-order chi connectivity index (χ0) is 12.8. The lowest BCUT2D eigenvalue weighted by Crippen LogP contribution is -2.23. The summed E-state index contributed by atoms with van der Waals surface area (Å²) in [6.07, 6.45) is 0. The first kappa shape index (κ1) is 10.5. The standard InChI is InChI=1S/C16H12N2O/c19-16-14-8-4-2-6-12(14)10-18-9-11-5-1-3-7-13(11)15(18)17-16/h1-8H,9-10H2. The molecule has 19 heavy (non-hydrogen) atoms. The molecule has 2 aromatic rings. The van der Waals surface area contributed by atoms with Crippen molar-refractivity contribution < 1.29 is 4.79 Å². The number of carbonyl (C=O) groups excluding carboxylic acids is 1. The van der Waals surface area contributed by atoms with Crippen molar-refractivity contribution >= 4 is 11.7 Å². The summed E-state index contributed by atoms with van der Waals surface area (Å²) in [5.41, 5.74) is 4.11. The third-order valence-electron chi connectivity index (χ3n) is 3.74. The van der Waals surface area contributed by atoms with Gasteiger partial charge in [0.1, 0.15) is 5.84 Å². The van der Waals surface area contributed by atoms with E-state index in [1.54, 1.807) is 0 Å². The molecule has 4 rings (SSSR count). The molecular formula is C16H12N2O. The van der Waals surface area contributed by atoms with E-state index < -0.39 is 0 Å². The van der Waals surface area contributed by atoms with Gasteiger partial charge in [-0.2, -0.15) is 4.99 Å². The van der Waals surface area contributed by atoms with Gasteiger partial charge in [-0.25, -0.2) is 0 Å². The Kier molecular flexibility index (Phi) is 2.09. The number of carbonyl (C=O) groups is 1. The summed E-state index contributed by atoms with van der Waals surface area (Å²) in [5.74, 6) is 0.682. The third-order valence-corrected chi connectivity index (χ3v) is 3.74. The van der Waals surface area contributed by atoms with Crippen LogP contribution in [0.5, 0.6) is 0 Å². The number of nitrogens with zero attached hydrogens (tertiary/aromatic N) is 2. The number of benzene rings is 2. The van der Waals surface area contributed by atoms with Crippen LogP contribution in [0.2, 0.25) is 0 Å². The smallest absolute Gasteiger partial charge is 0.279 e. The molecule has 0 fully saturated rings. The first-order chi connectivity index (χ1) is 9.33. The number of hydrogen-bond donors (Lipinski definition) is 0. The van der Waals surface area contributed by atoms with Gasteiger partial charge in [0.2, 0.25) is 0 Å². The van der Waals surface area contributed by atoms with Crippen LogP contribution in [0.25, 0.3) is 0 Å². The predicted octanol–water partition coefficient (Wildman–Crippen LogP) is 2.60. The molecule has 0 saturated carbocycles. The van der Waals surface area contributed by atoms with Crippen molar-refractivity contribution in [1.82, 2.24) is 4.90 Å². The molecule has 0 unspecified atom stereocenters. The summed E-state index contributed by atoms with van der Waals surface area (Å²) >= 11 is 0. The molecule has 0 aliphatic carbocycles. The third kappa shape index (κ3) is 1.51. The average Bonchev–Trinajstić information content (AvgIpc) is 2.70. The summed E-state index contributed by atoms with van der Waals surface area (Å²) in [5, 5.41) is 0. The number of amidine groups is 1. The van der Waals surface area contributed by atoms with E-state index >= 15 is 0 Å². The van der Waals surface area contributed by atoms with Crippen molar-refractivity contribution in [1.29, 1.82) is 0 Å². The van der Waals surface area contributed by atoms with E-state index in [1.807, 2.05) is 42.5 Å². The normalized spacial score (nSPS) is 16.3. The van der Waals surface area contributed by atoms with Gasteiger partial charge < -0.3 is 4.90 Å². The van der Waals surface area contributed by atoms with Crippen molar-refractivity contribution in [2.45, 2.75) is 13.1 Å². The van der Waals surface area contributed by atoms with Crippen LogP contribution in [0, 0.1) is 0 Å². The fraction of sp³-hybridized carbons (Fsp3) is 0.125. The minimum absolute atomic E-state index is 0.134. The van der Waals surface area contributed by atoms with Gasteiger partial charge in [0.15, 0.2) is 0 Å². The summed E-state index contributed by atoms with van der Waals surface area (Å²) in [4.78, 5) is 18.7. The molecule has 2 aliphatic heterocycles. The molecule has 2 aromatic carbocycles. The number of rotatable bonds is 0. The minimum atomic E-state index is -0.134. The molecule has 0 aromatic heterocycles. The Morgan fingerprint density at radius 2 is 1.42 bits per heavy atom. The van der Waals surface area contributed by atoms with Gasteiger partial charge in [0.25, 0.3) is 5.91 Å². The highest BCUT2D eigenvalue weighted by Gasteiger charge is 2.29. The van der Waals surface area contributed by atoms with Crippen LogP contribution in [0.3, 0.4) is 0 Å². The molecule has 0 saturated heterocycles. The summed E-state index contributed by atoms with van der Waals surface area (Å²) < 4.78 is 0. The lowest BCUT2D eigenvalue weighted by atomic mass is 10.1. The van der Waals surface area contributed by atoms with Gasteiger partial charge in [-0.05, 0) is 17.2 Å². The SMILES string of the molecule is O=C1N=C2c3ccccc3CN2Cc2ccccc21. The van der Waals surface area contributed by atoms with Crippen molar-refractivity contribution in [2.75, 3.05) is 0 Å². The molecule has 0 bridgehead atoms. The Hall–Kier alpha value is -2.42. The molecule has 2 aliphatic rings. The zero-order valence-electron chi connectivity index (χ0n) is 10.3. The highest BCUT2D eigenvalue weighted by molar-refractivity contribution is 6.12. The van der Waals surface area contributed by atoms with Crippen LogP contribution >= 0.6 is 0 Å². The lowest BCUT2D eigenvalue weighted by molar-refractivity contribution is 0.100. The van der Waals surface area contributed by atoms with E-state index in [1.165, 1.54) is 5.56 Å². The molecule has 0 atom stereocenters. The number of hydrogen-bond acceptors (Lipinski definition) is 2. The van der Waals surface area contributed by atoms with Crippen LogP contribution in [-0.2, 0) is 13.1 Å². The molecule has 92 valence electrons. The maximum Gasteiger partial charge on any atom is 0.279 e. The quantitative estimate of drug-likeness (QED) is 0.718. The van der Waals surface area contributed by atoms with Crippen LogP contribution in [-0.4, -0.2) is 16.6 Å². The van der Waals surface area contributed by atoms with E-state index in [2.05, 4.69) is 16.0 Å². The largest absolute Gasteiger partial charge is 0.347 e. The van der Waals surface area contributed by atoms with Crippen molar-refractivity contribution in [3.05, 3.63) is 70.8 Å². The summed E-state index contributed by atoms with van der Waals surface area (Å²) in [6.45, 7) is 1.58. The average molecular weight is 248 g/mol. The Balaban J connectivity index is 1.89. The predicted molar refractivity (Wildman–Crippen MR) is 73.0 cm³/mol. The first-order valence-electron chi connectivity index (χ1n) is 6.37. The lowest BCUT2D eigenvalue weighted by Gasteiger charge is -2.17. The van der Waals surface area contributed by atoms with E-state index in [0.29, 0.717) is 0 Å². The van der Waals surface area contributed by atoms with Crippen LogP contribution < -0.4 is 0 Å². The van der Waals surface area contributed by atoms with Crippen LogP contribution in [0.4, 0.5) is 0 Å². The molecule has 0 N–H and O–H groups in total. The van der Waals surface area contributed by atoms with Gasteiger partial charge in [-0.3, -0.25) is 4.79 Å². The second-order valence-corrected chi connectivity index (χ2v) is 4.91. The van der Waals surface area contributed by atoms with E-state index in [-0.39, 0.29) is 5.91 Å². The molecule has 0 spiro atoms. The fourth-order valence-corrected chi connectivity index (χ4v) is 2.82. The van der Waals surface area contributed by atoms with E-state index in [0.717, 1.165) is 35.6 Å². The Morgan fingerprint density at radius 1 is 0.842 bits per heavy atom. The fourth-order valence-electron chi connectivity index (χ4n) is 2.82. The highest BCUT2D eigenvalue weighted by atomic mass is 16.1. The van der Waals surface area contributed by atoms with Gasteiger partial charge in [0.05, 0.1) is 0 Å². The highest BCUT2D eigenvalue weighted by Crippen LogP contribution is 2.28. The Morgan fingerprint density at radius 3 is 2.16 bits per heavy atom. The Bertz CT molecular complexity index is 718. The summed E-state index contributed by atoms with van der Waals surface area (Å²) in [7, 11) is 0. The molecule has 3 heteroatoms. The van der Waals surface area contributed by atoms with E-state index in [4.69, 9.17) is 0 Å². The molecule has 1 amide bonds. The number of aliphatic imine (C=N–C) groups is 1. The molecular weight excluding hydrogens is 236 g/mol. The van der Waals surface area contributed by atoms with Gasteiger partial charge in [-0.1, -0.05) is 42.5 Å². The van der Waals surface area contributed by atoms with E-state index in [9.17, 15) is 4.79 Å².